The maximum Gasteiger partial charge on any atom is 0.278 e. The summed E-state index contributed by atoms with van der Waals surface area (Å²) in [5.41, 5.74) is 1.34. The van der Waals surface area contributed by atoms with Gasteiger partial charge in [0, 0.05) is 42.0 Å². The fourth-order valence-corrected chi connectivity index (χ4v) is 6.03. The van der Waals surface area contributed by atoms with Gasteiger partial charge in [0.2, 0.25) is 5.43 Å². The number of carbonyl (C=O) groups is 2. The first-order valence-electron chi connectivity index (χ1n) is 11.9. The van der Waals surface area contributed by atoms with Crippen LogP contribution >= 0.6 is 0 Å². The molecule has 1 fully saturated rings. The van der Waals surface area contributed by atoms with Gasteiger partial charge in [0.1, 0.15) is 12.2 Å². The second kappa shape index (κ2) is 7.62. The number of ether oxygens (including phenoxy) is 1. The molecule has 9 nitrogen and oxygen atoms in total. The van der Waals surface area contributed by atoms with Crippen LogP contribution in [0.15, 0.2) is 47.4 Å². The first-order chi connectivity index (χ1) is 17.9. The molecule has 0 spiro atoms. The van der Waals surface area contributed by atoms with Gasteiger partial charge in [0.05, 0.1) is 25.4 Å². The van der Waals surface area contributed by atoms with Crippen LogP contribution < -0.4 is 15.3 Å². The summed E-state index contributed by atoms with van der Waals surface area (Å²) in [6.45, 7) is 0.571. The number of aromatic nitrogens is 1. The molecular weight excluding hydrogens is 486 g/mol. The summed E-state index contributed by atoms with van der Waals surface area (Å²) in [5, 5.41) is 12.4. The third-order valence-electron chi connectivity index (χ3n) is 7.63. The predicted octanol–water partition coefficient (Wildman–Crippen LogP) is 1.89. The number of ketones is 1. The summed E-state index contributed by atoms with van der Waals surface area (Å²) in [7, 11) is 0. The van der Waals surface area contributed by atoms with Crippen molar-refractivity contribution in [1.29, 1.82) is 0 Å². The third kappa shape index (κ3) is 2.88. The lowest BCUT2D eigenvalue weighted by molar-refractivity contribution is -0.0196. The normalized spacial score (nSPS) is 21.8. The van der Waals surface area contributed by atoms with E-state index >= 15 is 4.39 Å². The first kappa shape index (κ1) is 22.0. The second-order valence-electron chi connectivity index (χ2n) is 9.51. The standard InChI is InChI=1S/C26H20F2N4O5/c27-17-5-4-13-16(21(17)28)10-29-11-19(34)14-2-1-3-15(22(14)29)23(13)32-20-12-37-9-8-30(20)26(36)24-25(35)18(33)6-7-31(24)32/h1-7,20,23,35H,8-12H2. The van der Waals surface area contributed by atoms with Crippen LogP contribution in [0.2, 0.25) is 0 Å². The van der Waals surface area contributed by atoms with Gasteiger partial charge in [-0.05, 0) is 17.7 Å². The molecule has 2 aromatic carbocycles. The Morgan fingerprint density at radius 2 is 1.84 bits per heavy atom. The number of Topliss-reactive ketones (excluding diaryl/α,β-unsaturated/α-hetero) is 1. The van der Waals surface area contributed by atoms with Crippen molar-refractivity contribution >= 4 is 17.4 Å². The molecule has 0 bridgehead atoms. The molecule has 5 heterocycles. The van der Waals surface area contributed by atoms with E-state index in [2.05, 4.69) is 0 Å². The zero-order chi connectivity index (χ0) is 25.6. The minimum absolute atomic E-state index is 0.0227. The van der Waals surface area contributed by atoms with Crippen LogP contribution in [-0.2, 0) is 11.3 Å². The highest BCUT2D eigenvalue weighted by Gasteiger charge is 2.47. The Bertz CT molecular complexity index is 1590. The van der Waals surface area contributed by atoms with Crippen LogP contribution in [0, 0.1) is 11.6 Å². The highest BCUT2D eigenvalue weighted by Crippen LogP contribution is 2.47. The van der Waals surface area contributed by atoms with Gasteiger partial charge in [-0.1, -0.05) is 18.2 Å². The number of rotatable bonds is 1. The summed E-state index contributed by atoms with van der Waals surface area (Å²) in [6.07, 6.45) is 0.693. The number of aromatic hydroxyl groups is 1. The van der Waals surface area contributed by atoms with Gasteiger partial charge in [-0.15, -0.1) is 0 Å². The molecule has 7 rings (SSSR count). The molecule has 0 radical (unpaired) electrons. The monoisotopic (exact) mass is 506 g/mol. The molecular formula is C26H20F2N4O5. The SMILES string of the molecule is O=C1CN2Cc3c(ccc(F)c3F)C(N3C4COCCN4C(=O)c4c(O)c(=O)ccn43)c3cccc1c32. The van der Waals surface area contributed by atoms with E-state index in [1.807, 2.05) is 6.07 Å². The number of carbonyl (C=O) groups excluding carboxylic acids is 2. The van der Waals surface area contributed by atoms with Crippen LogP contribution in [0.4, 0.5) is 14.5 Å². The van der Waals surface area contributed by atoms with Crippen molar-refractivity contribution in [2.75, 3.05) is 36.2 Å². The molecule has 188 valence electrons. The van der Waals surface area contributed by atoms with E-state index in [0.717, 1.165) is 12.1 Å². The fourth-order valence-electron chi connectivity index (χ4n) is 6.03. The minimum atomic E-state index is -1.01. The van der Waals surface area contributed by atoms with Crippen molar-refractivity contribution in [3.63, 3.8) is 0 Å². The van der Waals surface area contributed by atoms with E-state index in [-0.39, 0.29) is 49.9 Å². The summed E-state index contributed by atoms with van der Waals surface area (Å²) >= 11 is 0. The van der Waals surface area contributed by atoms with E-state index in [1.165, 1.54) is 21.8 Å². The smallest absolute Gasteiger partial charge is 0.278 e. The predicted molar refractivity (Wildman–Crippen MR) is 126 cm³/mol. The van der Waals surface area contributed by atoms with Crippen LogP contribution in [-0.4, -0.2) is 58.8 Å². The largest absolute Gasteiger partial charge is 0.502 e. The molecule has 2 unspecified atom stereocenters. The molecule has 1 N–H and O–H groups in total. The molecule has 4 aliphatic heterocycles. The summed E-state index contributed by atoms with van der Waals surface area (Å²) in [6, 6.07) is 8.15. The number of morpholine rings is 1. The lowest BCUT2D eigenvalue weighted by atomic mass is 9.91. The number of hydrogen-bond donors (Lipinski definition) is 1. The molecule has 37 heavy (non-hydrogen) atoms. The molecule has 0 saturated carbocycles. The molecule has 11 heteroatoms. The fraction of sp³-hybridized carbons (Fsp3) is 0.269. The number of para-hydroxylation sites is 1. The van der Waals surface area contributed by atoms with Gasteiger partial charge < -0.3 is 19.6 Å². The van der Waals surface area contributed by atoms with Gasteiger partial charge in [-0.3, -0.25) is 24.1 Å². The van der Waals surface area contributed by atoms with Crippen molar-refractivity contribution < 1.29 is 28.2 Å². The van der Waals surface area contributed by atoms with E-state index in [0.29, 0.717) is 22.4 Å². The summed E-state index contributed by atoms with van der Waals surface area (Å²) in [4.78, 5) is 41.9. The number of halogens is 2. The highest BCUT2D eigenvalue weighted by molar-refractivity contribution is 6.09. The molecule has 3 aromatic rings. The van der Waals surface area contributed by atoms with E-state index in [4.69, 9.17) is 4.74 Å². The minimum Gasteiger partial charge on any atom is -0.502 e. The van der Waals surface area contributed by atoms with Crippen LogP contribution in [0.3, 0.4) is 0 Å². The average molecular weight is 506 g/mol. The van der Waals surface area contributed by atoms with Crippen molar-refractivity contribution in [2.24, 2.45) is 0 Å². The number of pyridine rings is 1. The Hall–Kier alpha value is -4.25. The number of nitrogens with zero attached hydrogens (tertiary/aromatic N) is 4. The number of fused-ring (bicyclic) bond motifs is 3. The van der Waals surface area contributed by atoms with Gasteiger partial charge in [0.15, 0.2) is 28.9 Å². The quantitative estimate of drug-likeness (QED) is 0.539. The van der Waals surface area contributed by atoms with Crippen molar-refractivity contribution in [3.05, 3.63) is 92.4 Å². The molecule has 1 aromatic heterocycles. The summed E-state index contributed by atoms with van der Waals surface area (Å²) < 4.78 is 37.0. The van der Waals surface area contributed by atoms with E-state index < -0.39 is 40.9 Å². The maximum atomic E-state index is 15.4. The molecule has 2 atom stereocenters. The van der Waals surface area contributed by atoms with Gasteiger partial charge in [0.25, 0.3) is 5.91 Å². The topological polar surface area (TPSA) is 95.3 Å². The van der Waals surface area contributed by atoms with Gasteiger partial charge in [-0.25, -0.2) is 8.78 Å². The maximum absolute atomic E-state index is 15.4. The molecule has 4 aliphatic rings. The number of hydrogen-bond acceptors (Lipinski definition) is 7. The van der Waals surface area contributed by atoms with Crippen LogP contribution in [0.1, 0.15) is 43.6 Å². The number of benzene rings is 2. The molecule has 1 saturated heterocycles. The Labute approximate surface area is 208 Å². The van der Waals surface area contributed by atoms with E-state index in [1.54, 1.807) is 22.0 Å². The van der Waals surface area contributed by atoms with Crippen LogP contribution in [0.5, 0.6) is 5.75 Å². The van der Waals surface area contributed by atoms with Crippen molar-refractivity contribution in [2.45, 2.75) is 18.8 Å². The Balaban J connectivity index is 1.57. The van der Waals surface area contributed by atoms with Crippen molar-refractivity contribution in [3.8, 4) is 5.75 Å². The first-order valence-corrected chi connectivity index (χ1v) is 11.9. The third-order valence-corrected chi connectivity index (χ3v) is 7.63. The Morgan fingerprint density at radius 3 is 2.68 bits per heavy atom. The molecule has 1 amide bonds. The van der Waals surface area contributed by atoms with Gasteiger partial charge in [-0.2, -0.15) is 0 Å². The zero-order valence-electron chi connectivity index (χ0n) is 19.4. The Morgan fingerprint density at radius 1 is 1.00 bits per heavy atom. The molecule has 0 aliphatic carbocycles. The number of anilines is 1. The second-order valence-corrected chi connectivity index (χ2v) is 9.51. The lowest BCUT2D eigenvalue weighted by Gasteiger charge is -2.51. The number of amides is 1. The van der Waals surface area contributed by atoms with Crippen molar-refractivity contribution in [1.82, 2.24) is 9.58 Å². The Kier molecular flexibility index (Phi) is 4.53. The van der Waals surface area contributed by atoms with Gasteiger partial charge >= 0.3 is 0 Å². The van der Waals surface area contributed by atoms with Crippen LogP contribution in [0.25, 0.3) is 0 Å². The van der Waals surface area contributed by atoms with E-state index in [9.17, 15) is 23.9 Å². The lowest BCUT2D eigenvalue weighted by Crippen LogP contribution is -2.66. The zero-order valence-corrected chi connectivity index (χ0v) is 19.4. The summed E-state index contributed by atoms with van der Waals surface area (Å²) in [5.74, 6) is -3.38. The average Bonchev–Trinajstić information content (AvgIpc) is 3.15. The highest BCUT2D eigenvalue weighted by atomic mass is 19.2.